The summed E-state index contributed by atoms with van der Waals surface area (Å²) >= 11 is 1.59. The van der Waals surface area contributed by atoms with Gasteiger partial charge in [0.05, 0.1) is 12.3 Å². The maximum Gasteiger partial charge on any atom is 0.233 e. The van der Waals surface area contributed by atoms with Crippen molar-refractivity contribution >= 4 is 17.7 Å². The molecule has 0 saturated carbocycles. The van der Waals surface area contributed by atoms with Gasteiger partial charge in [0.1, 0.15) is 0 Å². The Morgan fingerprint density at radius 1 is 0.781 bits per heavy atom. The van der Waals surface area contributed by atoms with E-state index in [0.29, 0.717) is 18.8 Å². The topological polar surface area (TPSA) is 25.2 Å². The van der Waals surface area contributed by atoms with Gasteiger partial charge in [-0.15, -0.1) is 11.8 Å². The second-order valence-corrected chi connectivity index (χ2v) is 9.00. The second-order valence-electron chi connectivity index (χ2n) is 7.95. The molecule has 0 atom stereocenters. The number of hydrogen-bond donors (Lipinski definition) is 0. The molecule has 1 aromatic heterocycles. The van der Waals surface area contributed by atoms with Crippen molar-refractivity contribution < 1.29 is 4.79 Å². The highest BCUT2D eigenvalue weighted by atomic mass is 32.2. The summed E-state index contributed by atoms with van der Waals surface area (Å²) in [7, 11) is 0. The summed E-state index contributed by atoms with van der Waals surface area (Å²) in [4.78, 5) is 16.3. The summed E-state index contributed by atoms with van der Waals surface area (Å²) in [5.74, 6) is 0.570. The summed E-state index contributed by atoms with van der Waals surface area (Å²) in [6, 6.07) is 33.1. The first-order valence-electron chi connectivity index (χ1n) is 10.9. The van der Waals surface area contributed by atoms with Crippen LogP contribution in [0.25, 0.3) is 0 Å². The van der Waals surface area contributed by atoms with E-state index in [1.807, 2.05) is 53.4 Å². The molecule has 0 aliphatic heterocycles. The van der Waals surface area contributed by atoms with Gasteiger partial charge < -0.3 is 9.47 Å². The van der Waals surface area contributed by atoms with Crippen molar-refractivity contribution in [1.29, 1.82) is 0 Å². The normalized spacial score (nSPS) is 10.8. The molecule has 0 radical (unpaired) electrons. The van der Waals surface area contributed by atoms with E-state index >= 15 is 0 Å². The molecule has 0 fully saturated rings. The van der Waals surface area contributed by atoms with Gasteiger partial charge >= 0.3 is 0 Å². The predicted octanol–water partition coefficient (Wildman–Crippen LogP) is 6.17. The molecule has 1 amide bonds. The average molecular weight is 441 g/mol. The Labute approximate surface area is 194 Å². The van der Waals surface area contributed by atoms with Crippen molar-refractivity contribution in [3.8, 4) is 0 Å². The van der Waals surface area contributed by atoms with Gasteiger partial charge in [0.25, 0.3) is 0 Å². The maximum atomic E-state index is 13.3. The van der Waals surface area contributed by atoms with Crippen LogP contribution in [0.5, 0.6) is 0 Å². The number of amides is 1. The number of aromatic nitrogens is 1. The van der Waals surface area contributed by atoms with Crippen LogP contribution in [0.4, 0.5) is 0 Å². The summed E-state index contributed by atoms with van der Waals surface area (Å²) in [5.41, 5.74) is 4.80. The highest BCUT2D eigenvalue weighted by Gasteiger charge is 2.17. The van der Waals surface area contributed by atoms with Crippen LogP contribution in [-0.2, 0) is 24.4 Å². The fourth-order valence-corrected chi connectivity index (χ4v) is 4.44. The Hall–Kier alpha value is -3.24. The van der Waals surface area contributed by atoms with Crippen molar-refractivity contribution in [2.24, 2.45) is 0 Å². The average Bonchev–Trinajstić information content (AvgIpc) is 3.26. The van der Waals surface area contributed by atoms with Crippen LogP contribution in [0.15, 0.2) is 108 Å². The minimum atomic E-state index is 0.144. The Bertz CT molecular complexity index is 1120. The molecule has 0 N–H and O–H groups in total. The molecule has 0 aliphatic rings. The lowest BCUT2D eigenvalue weighted by atomic mass is 10.1. The van der Waals surface area contributed by atoms with E-state index in [1.165, 1.54) is 11.1 Å². The van der Waals surface area contributed by atoms with E-state index in [4.69, 9.17) is 0 Å². The minimum Gasteiger partial charge on any atom is -0.345 e. The highest BCUT2D eigenvalue weighted by Crippen LogP contribution is 2.20. The molecule has 3 aromatic carbocycles. The molecule has 1 heterocycles. The minimum absolute atomic E-state index is 0.144. The number of thioether (sulfide) groups is 1. The van der Waals surface area contributed by atoms with Crippen LogP contribution < -0.4 is 0 Å². The van der Waals surface area contributed by atoms with Gasteiger partial charge in [-0.3, -0.25) is 4.79 Å². The Morgan fingerprint density at radius 3 is 2.19 bits per heavy atom. The van der Waals surface area contributed by atoms with E-state index in [-0.39, 0.29) is 5.91 Å². The number of carbonyl (C=O) groups excluding carboxylic acids is 1. The van der Waals surface area contributed by atoms with Gasteiger partial charge in [0.2, 0.25) is 5.91 Å². The van der Waals surface area contributed by atoms with E-state index in [9.17, 15) is 4.79 Å². The van der Waals surface area contributed by atoms with Gasteiger partial charge in [0.15, 0.2) is 0 Å². The Balaban J connectivity index is 1.49. The Morgan fingerprint density at radius 2 is 1.47 bits per heavy atom. The fraction of sp³-hybridized carbons (Fsp3) is 0.179. The second kappa shape index (κ2) is 10.9. The summed E-state index contributed by atoms with van der Waals surface area (Å²) < 4.78 is 2.24. The standard InChI is InChI=1S/C28H28N2OS/c1-23-14-16-25(17-15-23)19-29-18-8-11-26(29)21-30(20-24-9-4-2-5-10-24)28(31)22-32-27-12-6-3-7-13-27/h2-18H,19-22H2,1H3. The molecule has 32 heavy (non-hydrogen) atoms. The van der Waals surface area contributed by atoms with Crippen LogP contribution in [0.2, 0.25) is 0 Å². The fourth-order valence-electron chi connectivity index (χ4n) is 3.62. The van der Waals surface area contributed by atoms with Crippen LogP contribution >= 0.6 is 11.8 Å². The van der Waals surface area contributed by atoms with Crippen molar-refractivity contribution in [3.05, 3.63) is 126 Å². The van der Waals surface area contributed by atoms with Gasteiger partial charge in [-0.2, -0.15) is 0 Å². The van der Waals surface area contributed by atoms with Crippen molar-refractivity contribution in [2.75, 3.05) is 5.75 Å². The van der Waals surface area contributed by atoms with Gasteiger partial charge in [0, 0.05) is 29.9 Å². The van der Waals surface area contributed by atoms with Crippen molar-refractivity contribution in [2.45, 2.75) is 31.5 Å². The maximum absolute atomic E-state index is 13.3. The van der Waals surface area contributed by atoms with Crippen molar-refractivity contribution in [3.63, 3.8) is 0 Å². The molecule has 0 unspecified atom stereocenters. The molecular weight excluding hydrogens is 412 g/mol. The summed E-state index contributed by atoms with van der Waals surface area (Å²) in [6.45, 7) is 4.09. The van der Waals surface area contributed by atoms with E-state index in [2.05, 4.69) is 66.2 Å². The number of rotatable bonds is 9. The molecule has 4 heteroatoms. The summed E-state index contributed by atoms with van der Waals surface area (Å²) in [6.07, 6.45) is 2.10. The molecule has 162 valence electrons. The zero-order valence-corrected chi connectivity index (χ0v) is 19.2. The quantitative estimate of drug-likeness (QED) is 0.291. The van der Waals surface area contributed by atoms with Crippen molar-refractivity contribution in [1.82, 2.24) is 9.47 Å². The Kier molecular flexibility index (Phi) is 7.47. The van der Waals surface area contributed by atoms with Crippen LogP contribution in [0, 0.1) is 6.92 Å². The predicted molar refractivity (Wildman–Crippen MR) is 133 cm³/mol. The van der Waals surface area contributed by atoms with Crippen LogP contribution in [0.1, 0.15) is 22.4 Å². The van der Waals surface area contributed by atoms with Gasteiger partial charge in [-0.25, -0.2) is 0 Å². The largest absolute Gasteiger partial charge is 0.345 e. The SMILES string of the molecule is Cc1ccc(Cn2cccc2CN(Cc2ccccc2)C(=O)CSc2ccccc2)cc1. The monoisotopic (exact) mass is 440 g/mol. The van der Waals surface area contributed by atoms with Crippen LogP contribution in [-0.4, -0.2) is 21.1 Å². The number of nitrogens with zero attached hydrogens (tertiary/aromatic N) is 2. The molecule has 4 aromatic rings. The first-order chi connectivity index (χ1) is 15.7. The highest BCUT2D eigenvalue weighted by molar-refractivity contribution is 8.00. The molecular formula is C28H28N2OS. The smallest absolute Gasteiger partial charge is 0.233 e. The lowest BCUT2D eigenvalue weighted by Crippen LogP contribution is -2.32. The molecule has 0 bridgehead atoms. The number of benzene rings is 3. The van der Waals surface area contributed by atoms with E-state index in [0.717, 1.165) is 22.7 Å². The third-order valence-electron chi connectivity index (χ3n) is 5.42. The molecule has 0 saturated heterocycles. The number of aryl methyl sites for hydroxylation is 1. The lowest BCUT2D eigenvalue weighted by Gasteiger charge is -2.24. The molecule has 4 rings (SSSR count). The molecule has 0 aliphatic carbocycles. The van der Waals surface area contributed by atoms with E-state index in [1.54, 1.807) is 11.8 Å². The van der Waals surface area contributed by atoms with Gasteiger partial charge in [-0.05, 0) is 42.3 Å². The third kappa shape index (κ3) is 6.14. The first-order valence-corrected chi connectivity index (χ1v) is 11.8. The van der Waals surface area contributed by atoms with Gasteiger partial charge in [-0.1, -0.05) is 78.4 Å². The summed E-state index contributed by atoms with van der Waals surface area (Å²) in [5, 5.41) is 0. The zero-order valence-electron chi connectivity index (χ0n) is 18.4. The number of hydrogen-bond acceptors (Lipinski definition) is 2. The molecule has 3 nitrogen and oxygen atoms in total. The zero-order chi connectivity index (χ0) is 22.2. The van der Waals surface area contributed by atoms with Crippen LogP contribution in [0.3, 0.4) is 0 Å². The lowest BCUT2D eigenvalue weighted by molar-refractivity contribution is -0.129. The van der Waals surface area contributed by atoms with E-state index < -0.39 is 0 Å². The number of carbonyl (C=O) groups is 1. The first kappa shape index (κ1) is 22.0. The molecule has 0 spiro atoms. The third-order valence-corrected chi connectivity index (χ3v) is 6.42.